The number of benzene rings is 2. The Kier molecular flexibility index (Phi) is 5.88. The van der Waals surface area contributed by atoms with Gasteiger partial charge in [-0.05, 0) is 54.4 Å². The molecule has 2 N–H and O–H groups in total. The van der Waals surface area contributed by atoms with Gasteiger partial charge in [-0.3, -0.25) is 4.79 Å². The molecule has 0 unspecified atom stereocenters. The first-order valence-corrected chi connectivity index (χ1v) is 8.71. The van der Waals surface area contributed by atoms with E-state index in [-0.39, 0.29) is 11.6 Å². The standard InChI is InChI=1S/C20H19ClN4O2/c1-13-3-6-15(21)11-18(13)23-19-10-9-17(24-25-19)20(26)22-12-14-4-7-16(27-2)8-5-14/h3-11H,12H2,1-2H3,(H,22,26)(H,23,25). The molecule has 0 fully saturated rings. The number of ether oxygens (including phenoxy) is 1. The van der Waals surface area contributed by atoms with Crippen molar-refractivity contribution in [3.05, 3.63) is 76.4 Å². The fourth-order valence-electron chi connectivity index (χ4n) is 2.40. The maximum atomic E-state index is 12.2. The molecule has 0 aliphatic heterocycles. The van der Waals surface area contributed by atoms with E-state index in [1.165, 1.54) is 0 Å². The number of rotatable bonds is 6. The Labute approximate surface area is 162 Å². The van der Waals surface area contributed by atoms with Crippen LogP contribution in [0.15, 0.2) is 54.6 Å². The first-order chi connectivity index (χ1) is 13.0. The van der Waals surface area contributed by atoms with Crippen LogP contribution < -0.4 is 15.4 Å². The largest absolute Gasteiger partial charge is 0.497 e. The van der Waals surface area contributed by atoms with Crippen molar-refractivity contribution in [3.8, 4) is 5.75 Å². The van der Waals surface area contributed by atoms with Crippen LogP contribution >= 0.6 is 11.6 Å². The summed E-state index contributed by atoms with van der Waals surface area (Å²) < 4.78 is 5.11. The number of aromatic nitrogens is 2. The summed E-state index contributed by atoms with van der Waals surface area (Å²) >= 11 is 6.02. The zero-order valence-electron chi connectivity index (χ0n) is 15.0. The summed E-state index contributed by atoms with van der Waals surface area (Å²) in [5.74, 6) is 1.02. The number of hydrogen-bond acceptors (Lipinski definition) is 5. The van der Waals surface area contributed by atoms with Gasteiger partial charge >= 0.3 is 0 Å². The summed E-state index contributed by atoms with van der Waals surface area (Å²) in [6.07, 6.45) is 0. The van der Waals surface area contributed by atoms with E-state index >= 15 is 0 Å². The summed E-state index contributed by atoms with van der Waals surface area (Å²) in [6.45, 7) is 2.36. The van der Waals surface area contributed by atoms with Crippen molar-refractivity contribution in [3.63, 3.8) is 0 Å². The Hall–Kier alpha value is -3.12. The quantitative estimate of drug-likeness (QED) is 0.670. The molecule has 3 rings (SSSR count). The van der Waals surface area contributed by atoms with Crippen molar-refractivity contribution in [2.75, 3.05) is 12.4 Å². The molecule has 0 saturated heterocycles. The lowest BCUT2D eigenvalue weighted by Gasteiger charge is -2.09. The van der Waals surface area contributed by atoms with Gasteiger partial charge < -0.3 is 15.4 Å². The van der Waals surface area contributed by atoms with E-state index in [1.54, 1.807) is 19.2 Å². The van der Waals surface area contributed by atoms with E-state index in [0.717, 1.165) is 22.6 Å². The first kappa shape index (κ1) is 18.7. The minimum Gasteiger partial charge on any atom is -0.497 e. The maximum Gasteiger partial charge on any atom is 0.272 e. The van der Waals surface area contributed by atoms with Crippen molar-refractivity contribution < 1.29 is 9.53 Å². The highest BCUT2D eigenvalue weighted by atomic mass is 35.5. The lowest BCUT2D eigenvalue weighted by atomic mass is 10.2. The molecule has 3 aromatic rings. The summed E-state index contributed by atoms with van der Waals surface area (Å²) in [4.78, 5) is 12.2. The topological polar surface area (TPSA) is 76.1 Å². The molecular formula is C20H19ClN4O2. The van der Waals surface area contributed by atoms with E-state index in [1.807, 2.05) is 49.4 Å². The highest BCUT2D eigenvalue weighted by Crippen LogP contribution is 2.23. The molecule has 6 nitrogen and oxygen atoms in total. The lowest BCUT2D eigenvalue weighted by Crippen LogP contribution is -2.24. The van der Waals surface area contributed by atoms with Gasteiger partial charge in [-0.25, -0.2) is 0 Å². The SMILES string of the molecule is COc1ccc(CNC(=O)c2ccc(Nc3cc(Cl)ccc3C)nn2)cc1. The van der Waals surface area contributed by atoms with Gasteiger partial charge in [-0.1, -0.05) is 29.8 Å². The van der Waals surface area contributed by atoms with Gasteiger partial charge in [0, 0.05) is 17.3 Å². The van der Waals surface area contributed by atoms with Crippen LogP contribution in [0.3, 0.4) is 0 Å². The number of carbonyl (C=O) groups is 1. The van der Waals surface area contributed by atoms with Gasteiger partial charge in [-0.15, -0.1) is 10.2 Å². The number of aryl methyl sites for hydroxylation is 1. The molecule has 27 heavy (non-hydrogen) atoms. The average molecular weight is 383 g/mol. The summed E-state index contributed by atoms with van der Waals surface area (Å²) in [7, 11) is 1.61. The molecule has 0 aliphatic carbocycles. The minimum absolute atomic E-state index is 0.247. The van der Waals surface area contributed by atoms with Crippen molar-refractivity contribution in [1.82, 2.24) is 15.5 Å². The van der Waals surface area contributed by atoms with Gasteiger partial charge in [0.1, 0.15) is 5.75 Å². The average Bonchev–Trinajstić information content (AvgIpc) is 2.70. The smallest absolute Gasteiger partial charge is 0.272 e. The van der Waals surface area contributed by atoms with E-state index in [4.69, 9.17) is 16.3 Å². The van der Waals surface area contributed by atoms with Crippen LogP contribution in [0.2, 0.25) is 5.02 Å². The molecular weight excluding hydrogens is 364 g/mol. The molecule has 0 radical (unpaired) electrons. The molecule has 2 aromatic carbocycles. The maximum absolute atomic E-state index is 12.2. The van der Waals surface area contributed by atoms with E-state index in [9.17, 15) is 4.79 Å². The number of anilines is 2. The van der Waals surface area contributed by atoms with Crippen molar-refractivity contribution in [2.24, 2.45) is 0 Å². The van der Waals surface area contributed by atoms with Crippen molar-refractivity contribution in [1.29, 1.82) is 0 Å². The third-order valence-electron chi connectivity index (χ3n) is 3.97. The van der Waals surface area contributed by atoms with Crippen molar-refractivity contribution in [2.45, 2.75) is 13.5 Å². The molecule has 1 aromatic heterocycles. The number of nitrogens with zero attached hydrogens (tertiary/aromatic N) is 2. The zero-order valence-corrected chi connectivity index (χ0v) is 15.7. The second-order valence-corrected chi connectivity index (χ2v) is 6.36. The Bertz CT molecular complexity index is 928. The minimum atomic E-state index is -0.288. The van der Waals surface area contributed by atoms with Crippen LogP contribution in [0.5, 0.6) is 5.75 Å². The number of hydrogen-bond donors (Lipinski definition) is 2. The number of carbonyl (C=O) groups excluding carboxylic acids is 1. The Morgan fingerprint density at radius 1 is 1.07 bits per heavy atom. The van der Waals surface area contributed by atoms with Crippen LogP contribution in [0, 0.1) is 6.92 Å². The predicted octanol–water partition coefficient (Wildman–Crippen LogP) is 4.12. The van der Waals surface area contributed by atoms with Crippen LogP contribution in [0.1, 0.15) is 21.6 Å². The van der Waals surface area contributed by atoms with Gasteiger partial charge in [-0.2, -0.15) is 0 Å². The van der Waals surface area contributed by atoms with Crippen LogP contribution in [0.25, 0.3) is 0 Å². The fraction of sp³-hybridized carbons (Fsp3) is 0.150. The molecule has 0 saturated carbocycles. The van der Waals surface area contributed by atoms with Gasteiger partial charge in [0.25, 0.3) is 5.91 Å². The zero-order chi connectivity index (χ0) is 19.2. The molecule has 138 valence electrons. The normalized spacial score (nSPS) is 10.3. The molecule has 0 spiro atoms. The second kappa shape index (κ2) is 8.51. The Morgan fingerprint density at radius 2 is 1.85 bits per heavy atom. The van der Waals surface area contributed by atoms with E-state index in [0.29, 0.717) is 17.4 Å². The van der Waals surface area contributed by atoms with Crippen molar-refractivity contribution >= 4 is 29.0 Å². The Balaban J connectivity index is 1.60. The lowest BCUT2D eigenvalue weighted by molar-refractivity contribution is 0.0945. The molecule has 1 heterocycles. The van der Waals surface area contributed by atoms with Gasteiger partial charge in [0.2, 0.25) is 0 Å². The number of methoxy groups -OCH3 is 1. The summed E-state index contributed by atoms with van der Waals surface area (Å²) in [5, 5.41) is 14.6. The fourth-order valence-corrected chi connectivity index (χ4v) is 2.58. The molecule has 0 aliphatic rings. The third kappa shape index (κ3) is 4.95. The Morgan fingerprint density at radius 3 is 2.52 bits per heavy atom. The third-order valence-corrected chi connectivity index (χ3v) is 4.21. The predicted molar refractivity (Wildman–Crippen MR) is 106 cm³/mol. The molecule has 1 amide bonds. The highest BCUT2D eigenvalue weighted by Gasteiger charge is 2.09. The monoisotopic (exact) mass is 382 g/mol. The highest BCUT2D eigenvalue weighted by molar-refractivity contribution is 6.30. The van der Waals surface area contributed by atoms with Gasteiger partial charge in [0.05, 0.1) is 7.11 Å². The van der Waals surface area contributed by atoms with Gasteiger partial charge in [0.15, 0.2) is 11.5 Å². The summed E-state index contributed by atoms with van der Waals surface area (Å²) in [5.41, 5.74) is 3.08. The number of nitrogens with one attached hydrogen (secondary N) is 2. The van der Waals surface area contributed by atoms with Crippen LogP contribution in [-0.2, 0) is 6.54 Å². The summed E-state index contributed by atoms with van der Waals surface area (Å²) in [6, 6.07) is 16.4. The number of amides is 1. The molecule has 0 atom stereocenters. The van der Waals surface area contributed by atoms with Crippen LogP contribution in [0.4, 0.5) is 11.5 Å². The van der Waals surface area contributed by atoms with Crippen LogP contribution in [-0.4, -0.2) is 23.2 Å². The van der Waals surface area contributed by atoms with E-state index in [2.05, 4.69) is 20.8 Å². The van der Waals surface area contributed by atoms with E-state index < -0.39 is 0 Å². The molecule has 7 heteroatoms. The number of halogens is 1. The second-order valence-electron chi connectivity index (χ2n) is 5.92. The first-order valence-electron chi connectivity index (χ1n) is 8.33. The molecule has 0 bridgehead atoms.